The third-order valence-corrected chi connectivity index (χ3v) is 5.36. The maximum atomic E-state index is 12.6. The number of hydrogen-bond donors (Lipinski definition) is 3. The van der Waals surface area contributed by atoms with Gasteiger partial charge in [-0.05, 0) is 61.3 Å². The molecule has 0 radical (unpaired) electrons. The first kappa shape index (κ1) is 22.1. The Hall–Kier alpha value is -2.61. The summed E-state index contributed by atoms with van der Waals surface area (Å²) in [6.07, 6.45) is 3.40. The summed E-state index contributed by atoms with van der Waals surface area (Å²) in [5.41, 5.74) is 2.60. The average Bonchev–Trinajstić information content (AvgIpc) is 3.02. The van der Waals surface area contributed by atoms with Crippen molar-refractivity contribution in [3.63, 3.8) is 0 Å². The zero-order chi connectivity index (χ0) is 21.7. The van der Waals surface area contributed by atoms with E-state index < -0.39 is 36.2 Å². The second-order valence-electron chi connectivity index (χ2n) is 8.38. The molecule has 1 aliphatic heterocycles. The predicted octanol–water partition coefficient (Wildman–Crippen LogP) is 1.23. The van der Waals surface area contributed by atoms with E-state index in [1.807, 2.05) is 32.0 Å². The smallest absolute Gasteiger partial charge is 0.310 e. The van der Waals surface area contributed by atoms with Crippen LogP contribution in [0.1, 0.15) is 50.7 Å². The molecule has 1 fully saturated rings. The second kappa shape index (κ2) is 9.93. The zero-order valence-electron chi connectivity index (χ0n) is 17.5. The molecule has 2 amide bonds. The first-order valence-electron chi connectivity index (χ1n) is 10.5. The summed E-state index contributed by atoms with van der Waals surface area (Å²) < 4.78 is 10.3. The SMILES string of the molecule is CC(C)C[C@H](NC(=O)COc1ccc2c(c1)CCCC2)C(=O)N[C@H]1CC(=O)OC1O. The van der Waals surface area contributed by atoms with Crippen LogP contribution >= 0.6 is 0 Å². The van der Waals surface area contributed by atoms with Crippen molar-refractivity contribution in [1.82, 2.24) is 10.6 Å². The highest BCUT2D eigenvalue weighted by molar-refractivity contribution is 5.88. The molecule has 164 valence electrons. The third-order valence-electron chi connectivity index (χ3n) is 5.36. The van der Waals surface area contributed by atoms with Gasteiger partial charge in [0.1, 0.15) is 17.8 Å². The van der Waals surface area contributed by atoms with Gasteiger partial charge in [-0.3, -0.25) is 14.4 Å². The van der Waals surface area contributed by atoms with Crippen LogP contribution in [0.5, 0.6) is 5.75 Å². The number of carbonyl (C=O) groups is 3. The maximum Gasteiger partial charge on any atom is 0.310 e. The number of fused-ring (bicyclic) bond motifs is 1. The third kappa shape index (κ3) is 5.95. The van der Waals surface area contributed by atoms with Crippen molar-refractivity contribution in [2.45, 2.75) is 70.7 Å². The standard InChI is InChI=1S/C22H30N2O6/c1-13(2)9-17(21(27)24-18-11-20(26)30-22(18)28)23-19(25)12-29-16-8-7-14-5-3-4-6-15(14)10-16/h7-8,10,13,17-18,22,28H,3-6,9,11-12H2,1-2H3,(H,23,25)(H,24,27)/t17-,18-,22?/m0/s1. The van der Waals surface area contributed by atoms with E-state index in [-0.39, 0.29) is 18.9 Å². The molecule has 3 N–H and O–H groups in total. The Balaban J connectivity index is 1.54. The van der Waals surface area contributed by atoms with Crippen molar-refractivity contribution in [3.8, 4) is 5.75 Å². The van der Waals surface area contributed by atoms with Crippen LogP contribution in [-0.2, 0) is 32.0 Å². The number of aliphatic hydroxyl groups is 1. The van der Waals surface area contributed by atoms with Crippen LogP contribution < -0.4 is 15.4 Å². The first-order valence-corrected chi connectivity index (χ1v) is 10.5. The van der Waals surface area contributed by atoms with Crippen molar-refractivity contribution < 1.29 is 29.0 Å². The highest BCUT2D eigenvalue weighted by Crippen LogP contribution is 2.25. The quantitative estimate of drug-likeness (QED) is 0.547. The molecule has 0 saturated carbocycles. The number of carbonyl (C=O) groups excluding carboxylic acids is 3. The molecule has 2 aliphatic rings. The van der Waals surface area contributed by atoms with E-state index in [1.165, 1.54) is 17.5 Å². The van der Waals surface area contributed by atoms with Crippen molar-refractivity contribution in [1.29, 1.82) is 0 Å². The summed E-state index contributed by atoms with van der Waals surface area (Å²) in [6, 6.07) is 4.29. The minimum atomic E-state index is -1.37. The molecule has 0 bridgehead atoms. The van der Waals surface area contributed by atoms with Gasteiger partial charge in [-0.1, -0.05) is 19.9 Å². The number of ether oxygens (including phenoxy) is 2. The highest BCUT2D eigenvalue weighted by Gasteiger charge is 2.36. The minimum absolute atomic E-state index is 0.101. The number of aryl methyl sites for hydroxylation is 2. The Labute approximate surface area is 176 Å². The Morgan fingerprint density at radius 2 is 1.97 bits per heavy atom. The molecule has 0 aromatic heterocycles. The first-order chi connectivity index (χ1) is 14.3. The van der Waals surface area contributed by atoms with Crippen LogP contribution in [0.2, 0.25) is 0 Å². The number of cyclic esters (lactones) is 1. The Morgan fingerprint density at radius 1 is 1.23 bits per heavy atom. The molecule has 1 unspecified atom stereocenters. The van der Waals surface area contributed by atoms with Crippen molar-refractivity contribution >= 4 is 17.8 Å². The lowest BCUT2D eigenvalue weighted by Crippen LogP contribution is -2.52. The lowest BCUT2D eigenvalue weighted by Gasteiger charge is -2.23. The van der Waals surface area contributed by atoms with Gasteiger partial charge in [-0.25, -0.2) is 0 Å². The molecular weight excluding hydrogens is 388 g/mol. The molecule has 1 saturated heterocycles. The van der Waals surface area contributed by atoms with Crippen molar-refractivity contribution in [2.24, 2.45) is 5.92 Å². The van der Waals surface area contributed by atoms with Crippen molar-refractivity contribution in [3.05, 3.63) is 29.3 Å². The van der Waals surface area contributed by atoms with E-state index in [1.54, 1.807) is 0 Å². The summed E-state index contributed by atoms with van der Waals surface area (Å²) in [5.74, 6) is -0.661. The molecule has 1 aromatic rings. The molecule has 8 nitrogen and oxygen atoms in total. The van der Waals surface area contributed by atoms with E-state index in [4.69, 9.17) is 4.74 Å². The van der Waals surface area contributed by atoms with Crippen LogP contribution in [-0.4, -0.2) is 47.9 Å². The van der Waals surface area contributed by atoms with Gasteiger partial charge in [0, 0.05) is 0 Å². The number of hydrogen-bond acceptors (Lipinski definition) is 6. The molecule has 1 aromatic carbocycles. The highest BCUT2D eigenvalue weighted by atomic mass is 16.6. The van der Waals surface area contributed by atoms with Gasteiger partial charge >= 0.3 is 5.97 Å². The van der Waals surface area contributed by atoms with Gasteiger partial charge in [-0.15, -0.1) is 0 Å². The lowest BCUT2D eigenvalue weighted by atomic mass is 9.92. The molecule has 3 rings (SSSR count). The minimum Gasteiger partial charge on any atom is -0.484 e. The maximum absolute atomic E-state index is 12.6. The predicted molar refractivity (Wildman–Crippen MR) is 109 cm³/mol. The number of nitrogens with one attached hydrogen (secondary N) is 2. The fourth-order valence-corrected chi connectivity index (χ4v) is 3.84. The summed E-state index contributed by atoms with van der Waals surface area (Å²) in [7, 11) is 0. The number of aliphatic hydroxyl groups excluding tert-OH is 1. The number of amides is 2. The molecule has 0 spiro atoms. The van der Waals surface area contributed by atoms with E-state index >= 15 is 0 Å². The summed E-state index contributed by atoms with van der Waals surface area (Å²) in [6.45, 7) is 3.68. The molecule has 3 atom stereocenters. The normalized spacial score (nSPS) is 21.5. The van der Waals surface area contributed by atoms with E-state index in [2.05, 4.69) is 15.4 Å². The largest absolute Gasteiger partial charge is 0.484 e. The number of rotatable bonds is 8. The van der Waals surface area contributed by atoms with E-state index in [0.717, 1.165) is 19.3 Å². The van der Waals surface area contributed by atoms with Gasteiger partial charge in [0.15, 0.2) is 6.61 Å². The molecule has 8 heteroatoms. The number of benzene rings is 1. The summed E-state index contributed by atoms with van der Waals surface area (Å²) >= 11 is 0. The Morgan fingerprint density at radius 3 is 2.63 bits per heavy atom. The molecule has 1 heterocycles. The molecule has 1 aliphatic carbocycles. The van der Waals surface area contributed by atoms with Gasteiger partial charge in [0.05, 0.1) is 6.42 Å². The van der Waals surface area contributed by atoms with Crippen LogP contribution in [0.25, 0.3) is 0 Å². The molecule has 30 heavy (non-hydrogen) atoms. The second-order valence-corrected chi connectivity index (χ2v) is 8.38. The lowest BCUT2D eigenvalue weighted by molar-refractivity contribution is -0.155. The van der Waals surface area contributed by atoms with Crippen molar-refractivity contribution in [2.75, 3.05) is 6.61 Å². The van der Waals surface area contributed by atoms with E-state index in [9.17, 15) is 19.5 Å². The van der Waals surface area contributed by atoms with Crippen LogP contribution in [0.15, 0.2) is 18.2 Å². The van der Waals surface area contributed by atoms with Gasteiger partial charge in [0.25, 0.3) is 5.91 Å². The Bertz CT molecular complexity index is 794. The molecular formula is C22H30N2O6. The fourth-order valence-electron chi connectivity index (χ4n) is 3.84. The topological polar surface area (TPSA) is 114 Å². The van der Waals surface area contributed by atoms with Crippen LogP contribution in [0.3, 0.4) is 0 Å². The fraction of sp³-hybridized carbons (Fsp3) is 0.591. The summed E-state index contributed by atoms with van der Waals surface area (Å²) in [5, 5.41) is 15.0. The van der Waals surface area contributed by atoms with E-state index in [0.29, 0.717) is 12.2 Å². The Kier molecular flexibility index (Phi) is 7.31. The van der Waals surface area contributed by atoms with Gasteiger partial charge in [-0.2, -0.15) is 0 Å². The zero-order valence-corrected chi connectivity index (χ0v) is 17.5. The van der Waals surface area contributed by atoms with Crippen LogP contribution in [0.4, 0.5) is 0 Å². The van der Waals surface area contributed by atoms with Gasteiger partial charge in [0.2, 0.25) is 12.2 Å². The van der Waals surface area contributed by atoms with Gasteiger partial charge < -0.3 is 25.2 Å². The monoisotopic (exact) mass is 418 g/mol. The number of esters is 1. The van der Waals surface area contributed by atoms with Crippen LogP contribution in [0, 0.1) is 5.92 Å². The average molecular weight is 418 g/mol. The summed E-state index contributed by atoms with van der Waals surface area (Å²) in [4.78, 5) is 36.3.